The Bertz CT molecular complexity index is 1020. The van der Waals surface area contributed by atoms with E-state index in [2.05, 4.69) is 11.4 Å². The number of para-hydroxylation sites is 1. The van der Waals surface area contributed by atoms with Crippen molar-refractivity contribution < 1.29 is 14.4 Å². The van der Waals surface area contributed by atoms with Gasteiger partial charge in [0.25, 0.3) is 5.91 Å². The lowest BCUT2D eigenvalue weighted by atomic mass is 9.90. The van der Waals surface area contributed by atoms with Crippen LogP contribution in [0.15, 0.2) is 48.5 Å². The molecule has 2 heterocycles. The van der Waals surface area contributed by atoms with Crippen LogP contribution in [0.2, 0.25) is 0 Å². The third-order valence-electron chi connectivity index (χ3n) is 6.33. The van der Waals surface area contributed by atoms with Gasteiger partial charge in [-0.3, -0.25) is 14.4 Å². The van der Waals surface area contributed by atoms with Gasteiger partial charge in [-0.15, -0.1) is 0 Å². The van der Waals surface area contributed by atoms with Crippen LogP contribution in [0, 0.1) is 11.3 Å². The van der Waals surface area contributed by atoms with Crippen LogP contribution in [0.25, 0.3) is 0 Å². The molecular weight excluding hydrogens is 402 g/mol. The summed E-state index contributed by atoms with van der Waals surface area (Å²) in [7, 11) is 0. The van der Waals surface area contributed by atoms with Crippen LogP contribution in [-0.2, 0) is 16.0 Å². The highest BCUT2D eigenvalue weighted by Gasteiger charge is 2.32. The minimum absolute atomic E-state index is 0.0243. The lowest BCUT2D eigenvalue weighted by Gasteiger charge is -2.35. The zero-order chi connectivity index (χ0) is 22.9. The van der Waals surface area contributed by atoms with Crippen LogP contribution in [0.1, 0.15) is 49.5 Å². The van der Waals surface area contributed by atoms with Gasteiger partial charge >= 0.3 is 0 Å². The van der Waals surface area contributed by atoms with Gasteiger partial charge in [-0.05, 0) is 55.2 Å². The predicted octanol–water partition coefficient (Wildman–Crippen LogP) is 4.11. The summed E-state index contributed by atoms with van der Waals surface area (Å²) in [4.78, 5) is 41.8. The third kappa shape index (κ3) is 4.54. The average Bonchev–Trinajstić information content (AvgIpc) is 3.22. The Morgan fingerprint density at radius 2 is 1.56 bits per heavy atom. The molecule has 0 aromatic heterocycles. The summed E-state index contributed by atoms with van der Waals surface area (Å²) >= 11 is 0. The van der Waals surface area contributed by atoms with Gasteiger partial charge in [0.1, 0.15) is 0 Å². The van der Waals surface area contributed by atoms with Crippen molar-refractivity contribution in [2.75, 3.05) is 29.9 Å². The number of benzene rings is 2. The number of likely N-dealkylation sites (tertiary alicyclic amines) is 1. The molecule has 32 heavy (non-hydrogen) atoms. The van der Waals surface area contributed by atoms with Crippen LogP contribution in [-0.4, -0.2) is 42.3 Å². The normalized spacial score (nSPS) is 16.6. The number of hydrogen-bond acceptors (Lipinski definition) is 3. The van der Waals surface area contributed by atoms with E-state index in [1.165, 1.54) is 5.56 Å². The van der Waals surface area contributed by atoms with Crippen LogP contribution >= 0.6 is 0 Å². The first-order chi connectivity index (χ1) is 15.2. The van der Waals surface area contributed by atoms with E-state index >= 15 is 0 Å². The van der Waals surface area contributed by atoms with E-state index in [9.17, 15) is 14.4 Å². The van der Waals surface area contributed by atoms with Crippen LogP contribution in [0.4, 0.5) is 11.4 Å². The summed E-state index contributed by atoms with van der Waals surface area (Å²) in [6, 6.07) is 15.1. The molecule has 2 aliphatic heterocycles. The van der Waals surface area contributed by atoms with Crippen molar-refractivity contribution in [1.82, 2.24) is 4.90 Å². The van der Waals surface area contributed by atoms with Crippen LogP contribution in [0.3, 0.4) is 0 Å². The van der Waals surface area contributed by atoms with Crippen LogP contribution in [0.5, 0.6) is 0 Å². The summed E-state index contributed by atoms with van der Waals surface area (Å²) in [6.45, 7) is 7.67. The lowest BCUT2D eigenvalue weighted by Crippen LogP contribution is -2.45. The second kappa shape index (κ2) is 8.77. The highest BCUT2D eigenvalue weighted by Crippen LogP contribution is 2.29. The van der Waals surface area contributed by atoms with E-state index in [-0.39, 0.29) is 23.6 Å². The molecule has 0 saturated carbocycles. The Labute approximate surface area is 189 Å². The van der Waals surface area contributed by atoms with Crippen molar-refractivity contribution in [2.24, 2.45) is 11.3 Å². The molecule has 0 spiro atoms. The molecule has 4 rings (SSSR count). The second-order valence-corrected chi connectivity index (χ2v) is 9.72. The van der Waals surface area contributed by atoms with E-state index in [0.29, 0.717) is 43.7 Å². The molecule has 1 saturated heterocycles. The quantitative estimate of drug-likeness (QED) is 0.792. The minimum atomic E-state index is -0.397. The average molecular weight is 434 g/mol. The Balaban J connectivity index is 1.33. The smallest absolute Gasteiger partial charge is 0.258 e. The molecule has 0 bridgehead atoms. The Kier molecular flexibility index (Phi) is 6.04. The number of rotatable bonds is 3. The molecule has 0 aliphatic carbocycles. The van der Waals surface area contributed by atoms with Gasteiger partial charge in [0.05, 0.1) is 0 Å². The highest BCUT2D eigenvalue weighted by atomic mass is 16.2. The number of anilines is 2. The maximum absolute atomic E-state index is 13.0. The lowest BCUT2D eigenvalue weighted by molar-refractivity contribution is -0.142. The van der Waals surface area contributed by atoms with E-state index in [1.807, 2.05) is 48.8 Å². The maximum Gasteiger partial charge on any atom is 0.258 e. The molecule has 0 atom stereocenters. The molecule has 2 aromatic rings. The summed E-state index contributed by atoms with van der Waals surface area (Å²) < 4.78 is 0. The number of fused-ring (bicyclic) bond motifs is 1. The minimum Gasteiger partial charge on any atom is -0.342 e. The first-order valence-electron chi connectivity index (χ1n) is 11.3. The molecule has 2 aliphatic rings. The molecule has 2 aromatic carbocycles. The molecule has 0 unspecified atom stereocenters. The van der Waals surface area contributed by atoms with Gasteiger partial charge < -0.3 is 15.1 Å². The predicted molar refractivity (Wildman–Crippen MR) is 126 cm³/mol. The fraction of sp³-hybridized carbons (Fsp3) is 0.423. The second-order valence-electron chi connectivity index (χ2n) is 9.72. The Morgan fingerprint density at radius 3 is 2.22 bits per heavy atom. The standard InChI is InChI=1S/C26H31N3O3/c1-26(2,3)25(32)28-15-12-19(13-16-28)23(30)27-21-10-8-20(9-11-21)24(31)29-17-14-18-6-4-5-7-22(18)29/h4-11,19H,12-17H2,1-3H3,(H,27,30). The number of nitrogens with zero attached hydrogens (tertiary/aromatic N) is 2. The van der Waals surface area contributed by atoms with Crippen molar-refractivity contribution in [3.05, 3.63) is 59.7 Å². The zero-order valence-corrected chi connectivity index (χ0v) is 19.1. The van der Waals surface area contributed by atoms with Crippen molar-refractivity contribution >= 4 is 29.1 Å². The first kappa shape index (κ1) is 22.1. The summed E-state index contributed by atoms with van der Waals surface area (Å²) in [5.74, 6) is -0.0252. The molecule has 168 valence electrons. The SMILES string of the molecule is CC(C)(C)C(=O)N1CCC(C(=O)Nc2ccc(C(=O)N3CCc4ccccc43)cc2)CC1. The van der Waals surface area contributed by atoms with Gasteiger partial charge in [0.15, 0.2) is 0 Å². The third-order valence-corrected chi connectivity index (χ3v) is 6.33. The maximum atomic E-state index is 13.0. The van der Waals surface area contributed by atoms with E-state index in [4.69, 9.17) is 0 Å². The number of piperidine rings is 1. The number of amides is 3. The molecule has 1 fully saturated rings. The van der Waals surface area contributed by atoms with E-state index < -0.39 is 5.41 Å². The van der Waals surface area contributed by atoms with Gasteiger partial charge in [0.2, 0.25) is 11.8 Å². The summed E-state index contributed by atoms with van der Waals surface area (Å²) in [6.07, 6.45) is 2.20. The van der Waals surface area contributed by atoms with Crippen molar-refractivity contribution in [3.63, 3.8) is 0 Å². The Morgan fingerprint density at radius 1 is 0.906 bits per heavy atom. The van der Waals surface area contributed by atoms with Gasteiger partial charge in [-0.2, -0.15) is 0 Å². The van der Waals surface area contributed by atoms with Gasteiger partial charge in [-0.25, -0.2) is 0 Å². The summed E-state index contributed by atoms with van der Waals surface area (Å²) in [5.41, 5.74) is 3.06. The van der Waals surface area contributed by atoms with E-state index in [1.54, 1.807) is 24.3 Å². The first-order valence-corrected chi connectivity index (χ1v) is 11.3. The number of nitrogens with one attached hydrogen (secondary N) is 1. The fourth-order valence-corrected chi connectivity index (χ4v) is 4.46. The fourth-order valence-electron chi connectivity index (χ4n) is 4.46. The zero-order valence-electron chi connectivity index (χ0n) is 19.1. The van der Waals surface area contributed by atoms with Crippen LogP contribution < -0.4 is 10.2 Å². The topological polar surface area (TPSA) is 69.7 Å². The molecule has 6 nitrogen and oxygen atoms in total. The van der Waals surface area contributed by atoms with Crippen molar-refractivity contribution in [2.45, 2.75) is 40.0 Å². The van der Waals surface area contributed by atoms with E-state index in [0.717, 1.165) is 12.1 Å². The number of carbonyl (C=O) groups excluding carboxylic acids is 3. The Hall–Kier alpha value is -3.15. The van der Waals surface area contributed by atoms with Crippen molar-refractivity contribution in [1.29, 1.82) is 0 Å². The number of hydrogen-bond donors (Lipinski definition) is 1. The largest absolute Gasteiger partial charge is 0.342 e. The van der Waals surface area contributed by atoms with Crippen molar-refractivity contribution in [3.8, 4) is 0 Å². The highest BCUT2D eigenvalue weighted by molar-refractivity contribution is 6.07. The molecular formula is C26H31N3O3. The monoisotopic (exact) mass is 433 g/mol. The molecule has 1 N–H and O–H groups in total. The number of carbonyl (C=O) groups is 3. The molecule has 3 amide bonds. The summed E-state index contributed by atoms with van der Waals surface area (Å²) in [5, 5.41) is 2.97. The molecule has 0 radical (unpaired) electrons. The van der Waals surface area contributed by atoms with Gasteiger partial charge in [0, 0.05) is 47.9 Å². The van der Waals surface area contributed by atoms with Gasteiger partial charge in [-0.1, -0.05) is 39.0 Å². The molecule has 6 heteroatoms.